The van der Waals surface area contributed by atoms with E-state index in [0.29, 0.717) is 0 Å². The molecule has 4 heteroatoms. The summed E-state index contributed by atoms with van der Waals surface area (Å²) in [6.07, 6.45) is 0. The number of hydrogen-bond donors (Lipinski definition) is 2. The van der Waals surface area contributed by atoms with Crippen molar-refractivity contribution in [2.45, 2.75) is 6.92 Å². The number of rotatable bonds is 3. The lowest BCUT2D eigenvalue weighted by Crippen LogP contribution is -2.08. The molecule has 0 fully saturated rings. The summed E-state index contributed by atoms with van der Waals surface area (Å²) in [5.41, 5.74) is 4.73. The smallest absolute Gasteiger partial charge is 0.121 e. The van der Waals surface area contributed by atoms with Gasteiger partial charge in [-0.2, -0.15) is 0 Å². The number of methoxy groups -OCH3 is 1. The van der Waals surface area contributed by atoms with Crippen LogP contribution in [0.5, 0.6) is 5.75 Å². The summed E-state index contributed by atoms with van der Waals surface area (Å²) in [6.45, 7) is 1.97. The third-order valence-electron chi connectivity index (χ3n) is 1.59. The monoisotopic (exact) mass is 186 g/mol. The molecule has 1 aromatic carbocycles. The van der Waals surface area contributed by atoms with Crippen LogP contribution in [0.1, 0.15) is 5.56 Å². The molecule has 0 radical (unpaired) electrons. The molecule has 0 atom stereocenters. The molecule has 0 spiro atoms. The fourth-order valence-electron chi connectivity index (χ4n) is 1.01. The van der Waals surface area contributed by atoms with Crippen molar-refractivity contribution in [3.05, 3.63) is 23.8 Å². The molecule has 0 aromatic heterocycles. The second-order valence-electron chi connectivity index (χ2n) is 2.40. The van der Waals surface area contributed by atoms with Crippen LogP contribution in [0.3, 0.4) is 0 Å². The maximum Gasteiger partial charge on any atom is 0.121 e. The molecule has 3 nitrogen and oxygen atoms in total. The summed E-state index contributed by atoms with van der Waals surface area (Å²) in [5, 5.41) is 0. The number of nitrogens with one attached hydrogen (secondary N) is 2. The highest BCUT2D eigenvalue weighted by Crippen LogP contribution is 2.20. The van der Waals surface area contributed by atoms with E-state index >= 15 is 0 Å². The van der Waals surface area contributed by atoms with Gasteiger partial charge in [0.05, 0.1) is 12.8 Å². The Morgan fingerprint density at radius 2 is 2.17 bits per heavy atom. The third kappa shape index (κ3) is 2.03. The van der Waals surface area contributed by atoms with Crippen LogP contribution in [-0.2, 0) is 0 Å². The zero-order valence-corrected chi connectivity index (χ0v) is 7.77. The van der Waals surface area contributed by atoms with Gasteiger partial charge in [-0.3, -0.25) is 0 Å². The van der Waals surface area contributed by atoms with Crippen LogP contribution >= 0.6 is 11.8 Å². The molecular weight excluding hydrogens is 176 g/mol. The van der Waals surface area contributed by atoms with Crippen molar-refractivity contribution in [1.82, 2.24) is 4.94 Å². The molecule has 66 valence electrons. The van der Waals surface area contributed by atoms with Gasteiger partial charge in [-0.05, 0) is 42.5 Å². The molecule has 12 heavy (non-hydrogen) atoms. The van der Waals surface area contributed by atoms with Gasteiger partial charge in [0, 0.05) is 0 Å². The molecular formula is C8H11ClN2O. The molecule has 0 saturated heterocycles. The molecule has 1 rings (SSSR count). The first-order valence-corrected chi connectivity index (χ1v) is 3.92. The van der Waals surface area contributed by atoms with E-state index in [9.17, 15) is 0 Å². The minimum absolute atomic E-state index is 0.870. The van der Waals surface area contributed by atoms with E-state index in [0.717, 1.165) is 17.0 Å². The van der Waals surface area contributed by atoms with Crippen molar-refractivity contribution in [3.8, 4) is 5.75 Å². The van der Waals surface area contributed by atoms with Crippen molar-refractivity contribution in [1.29, 1.82) is 0 Å². The van der Waals surface area contributed by atoms with Crippen molar-refractivity contribution in [2.24, 2.45) is 0 Å². The lowest BCUT2D eigenvalue weighted by molar-refractivity contribution is 0.412. The van der Waals surface area contributed by atoms with Crippen LogP contribution in [0.2, 0.25) is 0 Å². The van der Waals surface area contributed by atoms with Gasteiger partial charge in [-0.15, -0.1) is 4.94 Å². The van der Waals surface area contributed by atoms with E-state index in [1.165, 1.54) is 0 Å². The van der Waals surface area contributed by atoms with E-state index in [-0.39, 0.29) is 0 Å². The highest BCUT2D eigenvalue weighted by molar-refractivity contribution is 6.13. The zero-order valence-electron chi connectivity index (χ0n) is 7.02. The Labute approximate surface area is 76.8 Å². The van der Waals surface area contributed by atoms with Gasteiger partial charge in [0.1, 0.15) is 5.75 Å². The summed E-state index contributed by atoms with van der Waals surface area (Å²) in [7, 11) is 1.65. The molecule has 0 amide bonds. The number of halogens is 1. The minimum atomic E-state index is 0.870. The van der Waals surface area contributed by atoms with Gasteiger partial charge >= 0.3 is 0 Å². The summed E-state index contributed by atoms with van der Waals surface area (Å²) >= 11 is 5.27. The quantitative estimate of drug-likeness (QED) is 0.560. The predicted molar refractivity (Wildman–Crippen MR) is 50.3 cm³/mol. The van der Waals surface area contributed by atoms with Crippen LogP contribution in [0.25, 0.3) is 0 Å². The fourth-order valence-corrected chi connectivity index (χ4v) is 1.12. The second-order valence-corrected chi connectivity index (χ2v) is 2.59. The van der Waals surface area contributed by atoms with E-state index in [1.54, 1.807) is 7.11 Å². The molecule has 0 aliphatic rings. The number of hydrazine groups is 1. The highest BCUT2D eigenvalue weighted by Gasteiger charge is 1.97. The number of aryl methyl sites for hydroxylation is 1. The standard InChI is InChI=1S/C8H11ClN2O/c1-6-5-7(10-11-9)3-4-8(6)12-2/h3-5,10-11H,1-2H3. The molecule has 0 aliphatic carbocycles. The van der Waals surface area contributed by atoms with Crippen LogP contribution in [-0.4, -0.2) is 7.11 Å². The maximum absolute atomic E-state index is 5.27. The summed E-state index contributed by atoms with van der Waals surface area (Å²) in [6, 6.07) is 5.70. The fraction of sp³-hybridized carbons (Fsp3) is 0.250. The third-order valence-corrected chi connectivity index (χ3v) is 1.68. The van der Waals surface area contributed by atoms with Crippen molar-refractivity contribution >= 4 is 17.5 Å². The van der Waals surface area contributed by atoms with Gasteiger partial charge in [0.15, 0.2) is 0 Å². The maximum atomic E-state index is 5.27. The molecule has 1 aromatic rings. The highest BCUT2D eigenvalue weighted by atomic mass is 35.5. The van der Waals surface area contributed by atoms with E-state index in [2.05, 4.69) is 10.4 Å². The average molecular weight is 187 g/mol. The van der Waals surface area contributed by atoms with Crippen LogP contribution in [0, 0.1) is 6.92 Å². The Morgan fingerprint density at radius 1 is 1.42 bits per heavy atom. The van der Waals surface area contributed by atoms with Gasteiger partial charge in [0.2, 0.25) is 0 Å². The van der Waals surface area contributed by atoms with Gasteiger partial charge in [-0.1, -0.05) is 0 Å². The normalized spacial score (nSPS) is 9.58. The molecule has 2 N–H and O–H groups in total. The van der Waals surface area contributed by atoms with Gasteiger partial charge in [0.25, 0.3) is 0 Å². The number of hydrogen-bond acceptors (Lipinski definition) is 3. The summed E-state index contributed by atoms with van der Waals surface area (Å²) < 4.78 is 5.10. The summed E-state index contributed by atoms with van der Waals surface area (Å²) in [4.78, 5) is 2.33. The Hall–Kier alpha value is -0.930. The number of anilines is 1. The van der Waals surface area contributed by atoms with Crippen LogP contribution < -0.4 is 15.1 Å². The Morgan fingerprint density at radius 3 is 2.67 bits per heavy atom. The minimum Gasteiger partial charge on any atom is -0.496 e. The van der Waals surface area contributed by atoms with Crippen molar-refractivity contribution in [3.63, 3.8) is 0 Å². The van der Waals surface area contributed by atoms with E-state index in [4.69, 9.17) is 16.5 Å². The lowest BCUT2D eigenvalue weighted by atomic mass is 10.2. The van der Waals surface area contributed by atoms with Crippen LogP contribution in [0.15, 0.2) is 18.2 Å². The number of benzene rings is 1. The molecule has 0 aliphatic heterocycles. The lowest BCUT2D eigenvalue weighted by Gasteiger charge is -2.07. The first-order valence-electron chi connectivity index (χ1n) is 3.54. The average Bonchev–Trinajstić information content (AvgIpc) is 2.05. The molecule has 0 bridgehead atoms. The zero-order chi connectivity index (χ0) is 8.97. The molecule has 0 saturated carbocycles. The second kappa shape index (κ2) is 4.18. The summed E-state index contributed by atoms with van der Waals surface area (Å²) in [5.74, 6) is 0.870. The number of ether oxygens (including phenoxy) is 1. The molecule has 0 unspecified atom stereocenters. The Bertz CT molecular complexity index is 265. The SMILES string of the molecule is COc1ccc(NNCl)cc1C. The first kappa shape index (κ1) is 9.16. The van der Waals surface area contributed by atoms with E-state index < -0.39 is 0 Å². The predicted octanol–water partition coefficient (Wildman–Crippen LogP) is 2.07. The Kier molecular flexibility index (Phi) is 3.19. The largest absolute Gasteiger partial charge is 0.496 e. The molecule has 0 heterocycles. The van der Waals surface area contributed by atoms with Crippen LogP contribution in [0.4, 0.5) is 5.69 Å². The van der Waals surface area contributed by atoms with Gasteiger partial charge in [-0.25, -0.2) is 0 Å². The van der Waals surface area contributed by atoms with Gasteiger partial charge < -0.3 is 10.2 Å². The topological polar surface area (TPSA) is 33.3 Å². The van der Waals surface area contributed by atoms with E-state index in [1.807, 2.05) is 25.1 Å². The van der Waals surface area contributed by atoms with Crippen molar-refractivity contribution < 1.29 is 4.74 Å². The van der Waals surface area contributed by atoms with Crippen molar-refractivity contribution in [2.75, 3.05) is 12.5 Å². The first-order chi connectivity index (χ1) is 5.77. The Balaban J connectivity index is 2.86.